The molecule has 4 unspecified atom stereocenters. The average molecular weight is 326 g/mol. The number of nitriles is 1. The van der Waals surface area contributed by atoms with Gasteiger partial charge in [0.1, 0.15) is 0 Å². The maximum Gasteiger partial charge on any atom is 0.0668 e. The Labute approximate surface area is 119 Å². The molecule has 96 valence electrons. The van der Waals surface area contributed by atoms with Gasteiger partial charge in [-0.2, -0.15) is 5.26 Å². The van der Waals surface area contributed by atoms with Crippen molar-refractivity contribution in [3.63, 3.8) is 0 Å². The number of halogens is 1. The predicted molar refractivity (Wildman–Crippen MR) is 76.5 cm³/mol. The summed E-state index contributed by atoms with van der Waals surface area (Å²) in [7, 11) is -1.08. The largest absolute Gasteiger partial charge is 0.254 e. The molecule has 1 saturated carbocycles. The Morgan fingerprint density at radius 2 is 2.22 bits per heavy atom. The van der Waals surface area contributed by atoms with Gasteiger partial charge in [-0.25, -0.2) is 0 Å². The number of nitrogens with zero attached hydrogens (tertiary/aromatic N) is 1. The van der Waals surface area contributed by atoms with Crippen LogP contribution in [0, 0.1) is 23.2 Å². The van der Waals surface area contributed by atoms with E-state index < -0.39 is 10.8 Å². The molecule has 1 aromatic carbocycles. The highest BCUT2D eigenvalue weighted by molar-refractivity contribution is 9.10. The third-order valence-electron chi connectivity index (χ3n) is 3.52. The minimum atomic E-state index is -1.08. The van der Waals surface area contributed by atoms with E-state index in [0.29, 0.717) is 5.92 Å². The molecule has 0 aromatic heterocycles. The Morgan fingerprint density at radius 1 is 1.44 bits per heavy atom. The van der Waals surface area contributed by atoms with Crippen LogP contribution in [0.15, 0.2) is 33.6 Å². The van der Waals surface area contributed by atoms with Gasteiger partial charge in [0.25, 0.3) is 0 Å². The van der Waals surface area contributed by atoms with Gasteiger partial charge >= 0.3 is 0 Å². The van der Waals surface area contributed by atoms with Gasteiger partial charge < -0.3 is 0 Å². The van der Waals surface area contributed by atoms with Crippen LogP contribution in [0.3, 0.4) is 0 Å². The van der Waals surface area contributed by atoms with E-state index in [2.05, 4.69) is 28.9 Å². The molecule has 4 atom stereocenters. The molecular weight excluding hydrogens is 310 g/mol. The fourth-order valence-corrected chi connectivity index (χ4v) is 4.83. The van der Waals surface area contributed by atoms with Crippen LogP contribution in [-0.4, -0.2) is 9.46 Å². The molecule has 18 heavy (non-hydrogen) atoms. The third kappa shape index (κ3) is 3.02. The van der Waals surface area contributed by atoms with Gasteiger partial charge in [-0.05, 0) is 43.4 Å². The Morgan fingerprint density at radius 3 is 2.89 bits per heavy atom. The van der Waals surface area contributed by atoms with Crippen molar-refractivity contribution in [1.29, 1.82) is 5.26 Å². The van der Waals surface area contributed by atoms with Crippen LogP contribution in [0.5, 0.6) is 0 Å². The fourth-order valence-electron chi connectivity index (χ4n) is 2.48. The lowest BCUT2D eigenvalue weighted by Crippen LogP contribution is -2.31. The summed E-state index contributed by atoms with van der Waals surface area (Å²) >= 11 is 3.40. The van der Waals surface area contributed by atoms with Crippen LogP contribution in [-0.2, 0) is 10.8 Å². The maximum atomic E-state index is 12.6. The number of hydrogen-bond donors (Lipinski definition) is 0. The zero-order valence-electron chi connectivity index (χ0n) is 10.3. The fraction of sp³-hybridized carbons (Fsp3) is 0.500. The molecule has 0 bridgehead atoms. The highest BCUT2D eigenvalue weighted by atomic mass is 79.9. The first-order valence-corrected chi connectivity index (χ1v) is 8.18. The van der Waals surface area contributed by atoms with Gasteiger partial charge in [-0.1, -0.05) is 28.9 Å². The molecule has 0 saturated heterocycles. The molecule has 0 radical (unpaired) electrons. The molecular formula is C14H16BrNOS. The minimum absolute atomic E-state index is 0.0203. The molecule has 1 aliphatic carbocycles. The summed E-state index contributed by atoms with van der Waals surface area (Å²) in [5.41, 5.74) is 0. The maximum absolute atomic E-state index is 12.6. The van der Waals surface area contributed by atoms with Crippen molar-refractivity contribution >= 4 is 26.7 Å². The standard InChI is InChI=1S/C14H16BrNOS/c1-10-5-6-11(9-16)14(7-10)18(17)13-4-2-3-12(15)8-13/h2-4,8,10-11,14H,5-7H2,1H3. The number of hydrogen-bond acceptors (Lipinski definition) is 2. The van der Waals surface area contributed by atoms with Crippen LogP contribution in [0.2, 0.25) is 0 Å². The lowest BCUT2D eigenvalue weighted by molar-refractivity contribution is 0.341. The molecule has 0 spiro atoms. The predicted octanol–water partition coefficient (Wildman–Crippen LogP) is 3.89. The second-order valence-electron chi connectivity index (χ2n) is 4.95. The summed E-state index contributed by atoms with van der Waals surface area (Å²) in [6, 6.07) is 9.93. The van der Waals surface area contributed by atoms with Crippen LogP contribution < -0.4 is 0 Å². The summed E-state index contributed by atoms with van der Waals surface area (Å²) < 4.78 is 13.5. The molecule has 4 heteroatoms. The zero-order chi connectivity index (χ0) is 13.1. The van der Waals surface area contributed by atoms with Gasteiger partial charge in [-0.15, -0.1) is 0 Å². The third-order valence-corrected chi connectivity index (χ3v) is 5.81. The highest BCUT2D eigenvalue weighted by Gasteiger charge is 2.33. The zero-order valence-corrected chi connectivity index (χ0v) is 12.7. The van der Waals surface area contributed by atoms with E-state index in [1.807, 2.05) is 24.3 Å². The summed E-state index contributed by atoms with van der Waals surface area (Å²) in [4.78, 5) is 0.823. The van der Waals surface area contributed by atoms with E-state index in [1.54, 1.807) is 0 Å². The van der Waals surface area contributed by atoms with Gasteiger partial charge in [-0.3, -0.25) is 4.21 Å². The summed E-state index contributed by atoms with van der Waals surface area (Å²) in [5.74, 6) is 0.497. The van der Waals surface area contributed by atoms with Crippen molar-refractivity contribution in [1.82, 2.24) is 0 Å². The van der Waals surface area contributed by atoms with Crippen molar-refractivity contribution < 1.29 is 4.21 Å². The molecule has 1 aromatic rings. The van der Waals surface area contributed by atoms with Crippen LogP contribution in [0.1, 0.15) is 26.2 Å². The highest BCUT2D eigenvalue weighted by Crippen LogP contribution is 2.34. The molecule has 1 fully saturated rings. The number of benzene rings is 1. The summed E-state index contributed by atoms with van der Waals surface area (Å²) in [6.45, 7) is 2.18. The Kier molecular flexibility index (Phi) is 4.58. The van der Waals surface area contributed by atoms with E-state index in [0.717, 1.165) is 28.6 Å². The normalized spacial score (nSPS) is 29.5. The quantitative estimate of drug-likeness (QED) is 0.827. The average Bonchev–Trinajstić information content (AvgIpc) is 2.38. The second kappa shape index (κ2) is 5.99. The van der Waals surface area contributed by atoms with Crippen molar-refractivity contribution in [2.24, 2.45) is 11.8 Å². The minimum Gasteiger partial charge on any atom is -0.254 e. The molecule has 1 aliphatic rings. The van der Waals surface area contributed by atoms with Crippen molar-refractivity contribution in [2.45, 2.75) is 36.3 Å². The van der Waals surface area contributed by atoms with Crippen LogP contribution in [0.25, 0.3) is 0 Å². The molecule has 2 rings (SSSR count). The van der Waals surface area contributed by atoms with E-state index in [1.165, 1.54) is 0 Å². The van der Waals surface area contributed by atoms with Crippen molar-refractivity contribution in [3.8, 4) is 6.07 Å². The molecule has 0 heterocycles. The lowest BCUT2D eigenvalue weighted by atomic mass is 9.83. The first kappa shape index (κ1) is 13.8. The Hall–Kier alpha value is -0.660. The SMILES string of the molecule is CC1CCC(C#N)C(S(=O)c2cccc(Br)c2)C1. The van der Waals surface area contributed by atoms with Crippen molar-refractivity contribution in [3.05, 3.63) is 28.7 Å². The number of rotatable bonds is 2. The summed E-state index contributed by atoms with van der Waals surface area (Å²) in [5, 5.41) is 9.18. The molecule has 0 amide bonds. The topological polar surface area (TPSA) is 40.9 Å². The van der Waals surface area contributed by atoms with Crippen LogP contribution >= 0.6 is 15.9 Å². The first-order valence-electron chi connectivity index (χ1n) is 6.17. The van der Waals surface area contributed by atoms with Crippen LogP contribution in [0.4, 0.5) is 0 Å². The molecule has 2 nitrogen and oxygen atoms in total. The Balaban J connectivity index is 2.23. The summed E-state index contributed by atoms with van der Waals surface area (Å²) in [6.07, 6.45) is 2.84. The van der Waals surface area contributed by atoms with E-state index in [-0.39, 0.29) is 11.2 Å². The first-order chi connectivity index (χ1) is 8.61. The Bertz CT molecular complexity index is 497. The second-order valence-corrected chi connectivity index (χ2v) is 7.53. The van der Waals surface area contributed by atoms with Crippen molar-refractivity contribution in [2.75, 3.05) is 0 Å². The van der Waals surface area contributed by atoms with E-state index >= 15 is 0 Å². The van der Waals surface area contributed by atoms with Gasteiger partial charge in [0.05, 0.1) is 28.0 Å². The van der Waals surface area contributed by atoms with Gasteiger partial charge in [0.2, 0.25) is 0 Å². The van der Waals surface area contributed by atoms with Gasteiger partial charge in [0.15, 0.2) is 0 Å². The smallest absolute Gasteiger partial charge is 0.0668 e. The van der Waals surface area contributed by atoms with E-state index in [9.17, 15) is 9.47 Å². The molecule has 0 N–H and O–H groups in total. The van der Waals surface area contributed by atoms with Gasteiger partial charge in [0, 0.05) is 9.37 Å². The monoisotopic (exact) mass is 325 g/mol. The lowest BCUT2D eigenvalue weighted by Gasteiger charge is -2.30. The molecule has 0 aliphatic heterocycles. The van der Waals surface area contributed by atoms with E-state index in [4.69, 9.17) is 0 Å².